The number of nitrogens with zero attached hydrogens (tertiary/aromatic N) is 1. The Kier molecular flexibility index (Phi) is 9.27. The Labute approximate surface area is 185 Å². The minimum absolute atomic E-state index is 0.110. The number of hydrogen-bond acceptors (Lipinski definition) is 2. The Morgan fingerprint density at radius 1 is 1.19 bits per heavy atom. The van der Waals surface area contributed by atoms with E-state index in [1.54, 1.807) is 30.3 Å². The summed E-state index contributed by atoms with van der Waals surface area (Å²) in [5.74, 6) is -1.89. The Bertz CT molecular complexity index is 875. The molecule has 1 aromatic rings. The highest BCUT2D eigenvalue weighted by Gasteiger charge is 2.44. The van der Waals surface area contributed by atoms with Crippen LogP contribution in [0.3, 0.4) is 0 Å². The van der Waals surface area contributed by atoms with Crippen LogP contribution in [-0.4, -0.2) is 40.7 Å². The molecule has 0 saturated carbocycles. The van der Waals surface area contributed by atoms with E-state index < -0.39 is 47.4 Å². The van der Waals surface area contributed by atoms with Crippen molar-refractivity contribution in [2.75, 3.05) is 12.4 Å². The van der Waals surface area contributed by atoms with Crippen LogP contribution in [0.5, 0.6) is 0 Å². The fraction of sp³-hybridized carbons (Fsp3) is 0.500. The summed E-state index contributed by atoms with van der Waals surface area (Å²) in [6.07, 6.45) is -8.89. The number of unbranched alkanes of at least 4 members (excludes halogenated alkanes) is 1. The standard InChI is InChI=1S/C22H25F6NO2S/c1-3-4-10-32(30)29-20(16-8-6-5-7-9-16)14-31-15(2)17-11-18(21(23,24)25)13-19(12-17)22(26,27)28/h5-9,11,13,15,19H,3-4,10,12,14H2,1-2H3. The summed E-state index contributed by atoms with van der Waals surface area (Å²) in [7, 11) is -1.52. The Morgan fingerprint density at radius 3 is 2.41 bits per heavy atom. The van der Waals surface area contributed by atoms with Gasteiger partial charge in [-0.05, 0) is 37.0 Å². The lowest BCUT2D eigenvalue weighted by molar-refractivity contribution is -0.163. The maximum absolute atomic E-state index is 13.2. The molecule has 0 radical (unpaired) electrons. The molecule has 0 amide bonds. The summed E-state index contributed by atoms with van der Waals surface area (Å²) in [5.41, 5.74) is -0.510. The third-order valence-corrected chi connectivity index (χ3v) is 5.97. The maximum atomic E-state index is 13.2. The summed E-state index contributed by atoms with van der Waals surface area (Å²) in [5, 5.41) is 0. The first-order valence-electron chi connectivity index (χ1n) is 10.1. The van der Waals surface area contributed by atoms with Gasteiger partial charge in [0, 0.05) is 5.75 Å². The quantitative estimate of drug-likeness (QED) is 0.305. The van der Waals surface area contributed by atoms with E-state index in [9.17, 15) is 30.6 Å². The molecule has 0 heterocycles. The lowest BCUT2D eigenvalue weighted by Crippen LogP contribution is -2.29. The smallest absolute Gasteiger partial charge is 0.368 e. The van der Waals surface area contributed by atoms with Crippen molar-refractivity contribution in [3.63, 3.8) is 0 Å². The molecule has 178 valence electrons. The molecule has 2 rings (SSSR count). The first kappa shape index (κ1) is 26.3. The Balaban J connectivity index is 2.22. The third kappa shape index (κ3) is 7.88. The number of allylic oxidation sites excluding steroid dienone is 3. The van der Waals surface area contributed by atoms with E-state index in [1.807, 2.05) is 6.92 Å². The molecule has 32 heavy (non-hydrogen) atoms. The molecule has 0 bridgehead atoms. The molecule has 0 aliphatic heterocycles. The zero-order valence-electron chi connectivity index (χ0n) is 17.7. The summed E-state index contributed by atoms with van der Waals surface area (Å²) < 4.78 is 101. The van der Waals surface area contributed by atoms with Crippen molar-refractivity contribution in [2.45, 2.75) is 51.6 Å². The zero-order valence-corrected chi connectivity index (χ0v) is 18.5. The van der Waals surface area contributed by atoms with Gasteiger partial charge in [0.05, 0.1) is 29.9 Å². The average molecular weight is 482 g/mol. The Morgan fingerprint density at radius 2 is 1.84 bits per heavy atom. The van der Waals surface area contributed by atoms with Crippen molar-refractivity contribution < 1.29 is 35.3 Å². The normalized spacial score (nSPS) is 19.9. The van der Waals surface area contributed by atoms with Crippen molar-refractivity contribution in [3.05, 3.63) is 59.2 Å². The van der Waals surface area contributed by atoms with Gasteiger partial charge in [-0.15, -0.1) is 0 Å². The molecule has 0 fully saturated rings. The minimum Gasteiger partial charge on any atom is -0.368 e. The Hall–Kier alpha value is -1.94. The van der Waals surface area contributed by atoms with Gasteiger partial charge in [0.15, 0.2) is 0 Å². The van der Waals surface area contributed by atoms with Gasteiger partial charge in [-0.3, -0.25) is 0 Å². The fourth-order valence-electron chi connectivity index (χ4n) is 3.05. The van der Waals surface area contributed by atoms with Crippen molar-refractivity contribution >= 4 is 16.7 Å². The second-order valence-corrected chi connectivity index (χ2v) is 8.66. The summed E-state index contributed by atoms with van der Waals surface area (Å²) in [6.45, 7) is 3.14. The summed E-state index contributed by atoms with van der Waals surface area (Å²) >= 11 is 0. The number of benzene rings is 1. The molecule has 0 N–H and O–H groups in total. The lowest BCUT2D eigenvalue weighted by atomic mass is 9.87. The predicted octanol–water partition coefficient (Wildman–Crippen LogP) is 6.34. The van der Waals surface area contributed by atoms with E-state index in [2.05, 4.69) is 4.40 Å². The third-order valence-electron chi connectivity index (χ3n) is 4.91. The highest BCUT2D eigenvalue weighted by atomic mass is 32.2. The van der Waals surface area contributed by atoms with Gasteiger partial charge in [-0.25, -0.2) is 4.21 Å². The van der Waals surface area contributed by atoms with Crippen LogP contribution in [0.25, 0.3) is 0 Å². The van der Waals surface area contributed by atoms with Gasteiger partial charge in [0.1, 0.15) is 11.0 Å². The lowest BCUT2D eigenvalue weighted by Gasteiger charge is -2.28. The molecule has 3 atom stereocenters. The molecular weight excluding hydrogens is 456 g/mol. The van der Waals surface area contributed by atoms with Crippen molar-refractivity contribution in [1.82, 2.24) is 0 Å². The van der Waals surface area contributed by atoms with Gasteiger partial charge >= 0.3 is 12.4 Å². The van der Waals surface area contributed by atoms with E-state index >= 15 is 0 Å². The molecule has 1 aromatic carbocycles. The first-order chi connectivity index (χ1) is 14.9. The van der Waals surface area contributed by atoms with Gasteiger partial charge in [-0.1, -0.05) is 49.8 Å². The molecule has 0 aromatic heterocycles. The van der Waals surface area contributed by atoms with Crippen LogP contribution >= 0.6 is 0 Å². The van der Waals surface area contributed by atoms with E-state index in [-0.39, 0.29) is 18.3 Å². The van der Waals surface area contributed by atoms with Crippen LogP contribution in [-0.2, 0) is 15.7 Å². The van der Waals surface area contributed by atoms with Crippen LogP contribution in [0.1, 0.15) is 38.7 Å². The van der Waals surface area contributed by atoms with Crippen LogP contribution in [0.15, 0.2) is 58.0 Å². The molecule has 3 unspecified atom stereocenters. The molecule has 0 spiro atoms. The van der Waals surface area contributed by atoms with Crippen LogP contribution in [0.4, 0.5) is 26.3 Å². The van der Waals surface area contributed by atoms with Crippen molar-refractivity contribution in [2.24, 2.45) is 10.3 Å². The van der Waals surface area contributed by atoms with Gasteiger partial charge in [0.2, 0.25) is 0 Å². The summed E-state index contributed by atoms with van der Waals surface area (Å²) in [4.78, 5) is 0. The number of hydrogen-bond donors (Lipinski definition) is 0. The second kappa shape index (κ2) is 11.3. The molecule has 1 aliphatic carbocycles. The van der Waals surface area contributed by atoms with Crippen LogP contribution in [0, 0.1) is 5.92 Å². The van der Waals surface area contributed by atoms with Gasteiger partial charge < -0.3 is 4.74 Å². The topological polar surface area (TPSA) is 38.7 Å². The largest absolute Gasteiger partial charge is 0.416 e. The highest BCUT2D eigenvalue weighted by Crippen LogP contribution is 2.41. The van der Waals surface area contributed by atoms with E-state index in [0.29, 0.717) is 29.5 Å². The van der Waals surface area contributed by atoms with Gasteiger partial charge in [-0.2, -0.15) is 30.7 Å². The van der Waals surface area contributed by atoms with E-state index in [0.717, 1.165) is 6.42 Å². The predicted molar refractivity (Wildman–Crippen MR) is 113 cm³/mol. The van der Waals surface area contributed by atoms with Gasteiger partial charge in [0.25, 0.3) is 0 Å². The molecular formula is C22H25F6NO2S. The summed E-state index contributed by atoms with van der Waals surface area (Å²) in [6, 6.07) is 8.68. The number of rotatable bonds is 9. The van der Waals surface area contributed by atoms with Crippen molar-refractivity contribution in [1.29, 1.82) is 0 Å². The average Bonchev–Trinajstić information content (AvgIpc) is 2.74. The maximum Gasteiger partial charge on any atom is 0.416 e. The second-order valence-electron chi connectivity index (χ2n) is 7.43. The van der Waals surface area contributed by atoms with Crippen molar-refractivity contribution in [3.8, 4) is 0 Å². The van der Waals surface area contributed by atoms with Crippen LogP contribution in [0.2, 0.25) is 0 Å². The molecule has 3 nitrogen and oxygen atoms in total. The molecule has 10 heteroatoms. The minimum atomic E-state index is -4.90. The number of ether oxygens (including phenoxy) is 1. The fourth-order valence-corrected chi connectivity index (χ4v) is 4.08. The van der Waals surface area contributed by atoms with E-state index in [4.69, 9.17) is 4.74 Å². The molecule has 0 saturated heterocycles. The van der Waals surface area contributed by atoms with Crippen LogP contribution < -0.4 is 0 Å². The monoisotopic (exact) mass is 481 g/mol. The number of halogens is 6. The SMILES string of the molecule is CCCCS(=O)N=C(COC(C)C1=CC(C(F)(F)F)=CC(C(F)(F)F)C1)c1ccccc1. The molecule has 1 aliphatic rings. The number of alkyl halides is 6. The highest BCUT2D eigenvalue weighted by molar-refractivity contribution is 7.83. The zero-order chi connectivity index (χ0) is 23.9. The first-order valence-corrected chi connectivity index (χ1v) is 11.4. The van der Waals surface area contributed by atoms with E-state index in [1.165, 1.54) is 6.92 Å².